The number of ether oxygens (including phenoxy) is 3. The molecule has 0 saturated heterocycles. The van der Waals surface area contributed by atoms with Gasteiger partial charge in [0.05, 0.1) is 0 Å². The molecule has 2 rings (SSSR count). The Hall–Kier alpha value is -2.82. The fourth-order valence-electron chi connectivity index (χ4n) is 1.82. The van der Waals surface area contributed by atoms with Gasteiger partial charge in [0.15, 0.2) is 0 Å². The Morgan fingerprint density at radius 3 is 1.82 bits per heavy atom. The SMILES string of the molecule is CC(=O)Oc1cc(OCc2ccccc2)cc(OC(C)=O)c1. The lowest BCUT2D eigenvalue weighted by Gasteiger charge is -2.11. The molecule has 0 saturated carbocycles. The summed E-state index contributed by atoms with van der Waals surface area (Å²) in [5.74, 6) is 0.0328. The number of hydrogen-bond acceptors (Lipinski definition) is 5. The number of esters is 2. The molecule has 0 radical (unpaired) electrons. The summed E-state index contributed by atoms with van der Waals surface area (Å²) in [5.41, 5.74) is 0.995. The Kier molecular flexibility index (Phi) is 5.14. The van der Waals surface area contributed by atoms with E-state index in [1.807, 2.05) is 30.3 Å². The second-order valence-corrected chi connectivity index (χ2v) is 4.60. The maximum Gasteiger partial charge on any atom is 0.308 e. The summed E-state index contributed by atoms with van der Waals surface area (Å²) >= 11 is 0. The molecule has 0 aliphatic carbocycles. The molecule has 0 bridgehead atoms. The molecular formula is C17H16O5. The summed E-state index contributed by atoms with van der Waals surface area (Å²) in [4.78, 5) is 22.1. The Balaban J connectivity index is 2.17. The maximum absolute atomic E-state index is 11.1. The highest BCUT2D eigenvalue weighted by molar-refractivity contribution is 5.71. The highest BCUT2D eigenvalue weighted by Gasteiger charge is 2.08. The van der Waals surface area contributed by atoms with E-state index in [2.05, 4.69) is 0 Å². The molecular weight excluding hydrogens is 284 g/mol. The standard InChI is InChI=1S/C17H16O5/c1-12(18)21-16-8-15(9-17(10-16)22-13(2)19)20-11-14-6-4-3-5-7-14/h3-10H,11H2,1-2H3. The summed E-state index contributed by atoms with van der Waals surface area (Å²) in [5, 5.41) is 0. The van der Waals surface area contributed by atoms with Crippen molar-refractivity contribution in [3.8, 4) is 17.2 Å². The van der Waals surface area contributed by atoms with Gasteiger partial charge in [0.1, 0.15) is 23.9 Å². The summed E-state index contributed by atoms with van der Waals surface area (Å²) in [6, 6.07) is 14.2. The van der Waals surface area contributed by atoms with Crippen LogP contribution in [0, 0.1) is 0 Å². The van der Waals surface area contributed by atoms with Gasteiger partial charge in [-0.15, -0.1) is 0 Å². The van der Waals surface area contributed by atoms with Crippen molar-refractivity contribution in [2.75, 3.05) is 0 Å². The number of carbonyl (C=O) groups excluding carboxylic acids is 2. The van der Waals surface area contributed by atoms with E-state index in [1.165, 1.54) is 19.9 Å². The van der Waals surface area contributed by atoms with Crippen molar-refractivity contribution in [1.82, 2.24) is 0 Å². The van der Waals surface area contributed by atoms with Crippen molar-refractivity contribution < 1.29 is 23.8 Å². The van der Waals surface area contributed by atoms with E-state index in [4.69, 9.17) is 14.2 Å². The second kappa shape index (κ2) is 7.26. The van der Waals surface area contributed by atoms with Crippen LogP contribution < -0.4 is 14.2 Å². The zero-order valence-electron chi connectivity index (χ0n) is 12.4. The zero-order chi connectivity index (χ0) is 15.9. The molecule has 5 heteroatoms. The number of hydrogen-bond donors (Lipinski definition) is 0. The number of benzene rings is 2. The predicted octanol–water partition coefficient (Wildman–Crippen LogP) is 3.12. The molecule has 0 aliphatic rings. The molecule has 0 atom stereocenters. The van der Waals surface area contributed by atoms with E-state index in [1.54, 1.807) is 12.1 Å². The minimum Gasteiger partial charge on any atom is -0.489 e. The van der Waals surface area contributed by atoms with Crippen LogP contribution in [0.25, 0.3) is 0 Å². The van der Waals surface area contributed by atoms with Crippen LogP contribution in [-0.4, -0.2) is 11.9 Å². The summed E-state index contributed by atoms with van der Waals surface area (Å²) < 4.78 is 15.7. The molecule has 114 valence electrons. The third kappa shape index (κ3) is 4.94. The van der Waals surface area contributed by atoms with Crippen LogP contribution in [0.1, 0.15) is 19.4 Å². The molecule has 0 N–H and O–H groups in total. The molecule has 2 aromatic rings. The van der Waals surface area contributed by atoms with E-state index in [0.717, 1.165) is 5.56 Å². The monoisotopic (exact) mass is 300 g/mol. The van der Waals surface area contributed by atoms with Gasteiger partial charge in [0.2, 0.25) is 0 Å². The number of rotatable bonds is 5. The fraction of sp³-hybridized carbons (Fsp3) is 0.176. The average molecular weight is 300 g/mol. The third-order valence-corrected chi connectivity index (χ3v) is 2.63. The first-order valence-electron chi connectivity index (χ1n) is 6.71. The van der Waals surface area contributed by atoms with E-state index in [0.29, 0.717) is 12.4 Å². The minimum absolute atomic E-state index is 0.259. The van der Waals surface area contributed by atoms with E-state index >= 15 is 0 Å². The average Bonchev–Trinajstić information content (AvgIpc) is 2.44. The van der Waals surface area contributed by atoms with Crippen molar-refractivity contribution in [3.05, 3.63) is 54.1 Å². The van der Waals surface area contributed by atoms with Gasteiger partial charge in [-0.1, -0.05) is 30.3 Å². The first-order chi connectivity index (χ1) is 10.5. The Labute approximate surface area is 128 Å². The van der Waals surface area contributed by atoms with Gasteiger partial charge in [0.25, 0.3) is 0 Å². The molecule has 0 amide bonds. The first-order valence-corrected chi connectivity index (χ1v) is 6.71. The van der Waals surface area contributed by atoms with Crippen molar-refractivity contribution >= 4 is 11.9 Å². The van der Waals surface area contributed by atoms with E-state index < -0.39 is 11.9 Å². The van der Waals surface area contributed by atoms with Gasteiger partial charge < -0.3 is 14.2 Å². The van der Waals surface area contributed by atoms with Gasteiger partial charge in [-0.3, -0.25) is 9.59 Å². The highest BCUT2D eigenvalue weighted by atomic mass is 16.5. The number of carbonyl (C=O) groups is 2. The van der Waals surface area contributed by atoms with Crippen molar-refractivity contribution in [3.63, 3.8) is 0 Å². The molecule has 0 spiro atoms. The smallest absolute Gasteiger partial charge is 0.308 e. The highest BCUT2D eigenvalue weighted by Crippen LogP contribution is 2.28. The zero-order valence-corrected chi connectivity index (χ0v) is 12.4. The third-order valence-electron chi connectivity index (χ3n) is 2.63. The lowest BCUT2D eigenvalue weighted by Crippen LogP contribution is -2.05. The van der Waals surface area contributed by atoms with Gasteiger partial charge in [-0.25, -0.2) is 0 Å². The van der Waals surface area contributed by atoms with Crippen LogP contribution in [0.3, 0.4) is 0 Å². The summed E-state index contributed by atoms with van der Waals surface area (Å²) in [6.45, 7) is 2.94. The topological polar surface area (TPSA) is 61.8 Å². The van der Waals surface area contributed by atoms with Crippen LogP contribution >= 0.6 is 0 Å². The van der Waals surface area contributed by atoms with Gasteiger partial charge in [-0.2, -0.15) is 0 Å². The van der Waals surface area contributed by atoms with Crippen LogP contribution in [0.2, 0.25) is 0 Å². The first kappa shape index (κ1) is 15.6. The van der Waals surface area contributed by atoms with Gasteiger partial charge >= 0.3 is 11.9 Å². The second-order valence-electron chi connectivity index (χ2n) is 4.60. The maximum atomic E-state index is 11.1. The van der Waals surface area contributed by atoms with E-state index in [-0.39, 0.29) is 11.5 Å². The van der Waals surface area contributed by atoms with Crippen LogP contribution in [0.4, 0.5) is 0 Å². The molecule has 0 unspecified atom stereocenters. The quantitative estimate of drug-likeness (QED) is 0.627. The molecule has 5 nitrogen and oxygen atoms in total. The van der Waals surface area contributed by atoms with Gasteiger partial charge in [0, 0.05) is 32.0 Å². The summed E-state index contributed by atoms with van der Waals surface area (Å²) in [7, 11) is 0. The Morgan fingerprint density at radius 2 is 1.32 bits per heavy atom. The molecule has 2 aromatic carbocycles. The van der Waals surface area contributed by atoms with Crippen molar-refractivity contribution in [2.45, 2.75) is 20.5 Å². The lowest BCUT2D eigenvalue weighted by atomic mass is 10.2. The molecule has 0 heterocycles. The minimum atomic E-state index is -0.464. The molecule has 0 aliphatic heterocycles. The molecule has 22 heavy (non-hydrogen) atoms. The predicted molar refractivity (Wildman–Crippen MR) is 79.8 cm³/mol. The fourth-order valence-corrected chi connectivity index (χ4v) is 1.82. The van der Waals surface area contributed by atoms with E-state index in [9.17, 15) is 9.59 Å². The Morgan fingerprint density at radius 1 is 0.818 bits per heavy atom. The molecule has 0 aromatic heterocycles. The van der Waals surface area contributed by atoms with Crippen LogP contribution in [0.5, 0.6) is 17.2 Å². The Bertz CT molecular complexity index is 630. The van der Waals surface area contributed by atoms with Crippen LogP contribution in [-0.2, 0) is 16.2 Å². The van der Waals surface area contributed by atoms with Crippen molar-refractivity contribution in [2.24, 2.45) is 0 Å². The van der Waals surface area contributed by atoms with Crippen molar-refractivity contribution in [1.29, 1.82) is 0 Å². The van der Waals surface area contributed by atoms with Crippen LogP contribution in [0.15, 0.2) is 48.5 Å². The van der Waals surface area contributed by atoms with Gasteiger partial charge in [-0.05, 0) is 5.56 Å². The lowest BCUT2D eigenvalue weighted by molar-refractivity contribution is -0.132. The molecule has 0 fully saturated rings. The summed E-state index contributed by atoms with van der Waals surface area (Å²) in [6.07, 6.45) is 0. The largest absolute Gasteiger partial charge is 0.489 e. The normalized spacial score (nSPS) is 9.91.